The Morgan fingerprint density at radius 3 is 2.75 bits per heavy atom. The van der Waals surface area contributed by atoms with Crippen molar-refractivity contribution in [3.05, 3.63) is 0 Å². The topological polar surface area (TPSA) is 35.2 Å². The molecule has 2 N–H and O–H groups in total. The quantitative estimate of drug-likeness (QED) is 0.682. The van der Waals surface area contributed by atoms with E-state index in [1.807, 2.05) is 0 Å². The first-order chi connectivity index (χ1) is 5.85. The van der Waals surface area contributed by atoms with Crippen LogP contribution in [-0.2, 0) is 4.74 Å². The molecule has 1 saturated carbocycles. The van der Waals surface area contributed by atoms with Gasteiger partial charge in [-0.25, -0.2) is 0 Å². The number of nitrogens with two attached hydrogens (primary N) is 1. The molecular weight excluding hydrogens is 150 g/mol. The van der Waals surface area contributed by atoms with E-state index in [-0.39, 0.29) is 0 Å². The maximum absolute atomic E-state index is 5.67. The Balaban J connectivity index is 1.85. The number of ether oxygens (including phenoxy) is 1. The fraction of sp³-hybridized carbons (Fsp3) is 1.00. The van der Waals surface area contributed by atoms with Crippen molar-refractivity contribution >= 4 is 0 Å². The Kier molecular flexibility index (Phi) is 2.37. The number of hydrogen-bond acceptors (Lipinski definition) is 2. The molecule has 2 fully saturated rings. The molecule has 0 amide bonds. The standard InChI is InChI=1S/C10H19NO/c11-6-2-9-8-10(3-1-4-10)5-7-12-9/h9H,1-8,11H2. The molecule has 1 atom stereocenters. The van der Waals surface area contributed by atoms with Gasteiger partial charge in [0, 0.05) is 6.61 Å². The van der Waals surface area contributed by atoms with E-state index in [2.05, 4.69) is 0 Å². The highest BCUT2D eigenvalue weighted by molar-refractivity contribution is 4.92. The zero-order valence-corrected chi connectivity index (χ0v) is 7.72. The lowest BCUT2D eigenvalue weighted by Gasteiger charge is -2.47. The van der Waals surface area contributed by atoms with Gasteiger partial charge >= 0.3 is 0 Å². The third-order valence-corrected chi connectivity index (χ3v) is 3.55. The lowest BCUT2D eigenvalue weighted by molar-refractivity contribution is -0.0813. The Labute approximate surface area is 74.5 Å². The first-order valence-corrected chi connectivity index (χ1v) is 5.16. The van der Waals surface area contributed by atoms with E-state index in [1.54, 1.807) is 0 Å². The van der Waals surface area contributed by atoms with E-state index in [4.69, 9.17) is 10.5 Å². The van der Waals surface area contributed by atoms with Crippen LogP contribution in [0.25, 0.3) is 0 Å². The minimum absolute atomic E-state index is 0.476. The van der Waals surface area contributed by atoms with Gasteiger partial charge in [-0.1, -0.05) is 6.42 Å². The first-order valence-electron chi connectivity index (χ1n) is 5.16. The average Bonchev–Trinajstić information content (AvgIpc) is 2.03. The molecule has 0 aromatic heterocycles. The van der Waals surface area contributed by atoms with Crippen LogP contribution in [0.15, 0.2) is 0 Å². The largest absolute Gasteiger partial charge is 0.378 e. The van der Waals surface area contributed by atoms with Gasteiger partial charge in [0.2, 0.25) is 0 Å². The molecule has 1 saturated heterocycles. The Morgan fingerprint density at radius 2 is 2.17 bits per heavy atom. The Bertz CT molecular complexity index is 152. The van der Waals surface area contributed by atoms with Gasteiger partial charge in [0.1, 0.15) is 0 Å². The number of rotatable bonds is 2. The summed E-state index contributed by atoms with van der Waals surface area (Å²) in [7, 11) is 0. The maximum atomic E-state index is 5.67. The van der Waals surface area contributed by atoms with Crippen molar-refractivity contribution in [1.29, 1.82) is 0 Å². The van der Waals surface area contributed by atoms with Gasteiger partial charge in [-0.2, -0.15) is 0 Å². The molecule has 2 aliphatic rings. The van der Waals surface area contributed by atoms with Crippen LogP contribution in [0.4, 0.5) is 0 Å². The zero-order valence-electron chi connectivity index (χ0n) is 7.72. The molecule has 2 heteroatoms. The van der Waals surface area contributed by atoms with Crippen molar-refractivity contribution in [1.82, 2.24) is 0 Å². The Hall–Kier alpha value is -0.0800. The summed E-state index contributed by atoms with van der Waals surface area (Å²) in [5.41, 5.74) is 6.22. The van der Waals surface area contributed by atoms with Crippen molar-refractivity contribution in [3.63, 3.8) is 0 Å². The fourth-order valence-electron chi connectivity index (χ4n) is 2.59. The van der Waals surface area contributed by atoms with Crippen molar-refractivity contribution < 1.29 is 4.74 Å². The van der Waals surface area contributed by atoms with Crippen molar-refractivity contribution in [2.45, 2.75) is 44.6 Å². The van der Waals surface area contributed by atoms with Gasteiger partial charge in [-0.15, -0.1) is 0 Å². The van der Waals surface area contributed by atoms with Crippen molar-refractivity contribution in [2.24, 2.45) is 11.1 Å². The van der Waals surface area contributed by atoms with Crippen LogP contribution in [0, 0.1) is 5.41 Å². The second-order valence-electron chi connectivity index (χ2n) is 4.38. The summed E-state index contributed by atoms with van der Waals surface area (Å²) in [4.78, 5) is 0. The normalized spacial score (nSPS) is 33.2. The third kappa shape index (κ3) is 1.50. The van der Waals surface area contributed by atoms with E-state index in [9.17, 15) is 0 Å². The molecule has 1 aliphatic heterocycles. The minimum atomic E-state index is 0.476. The second kappa shape index (κ2) is 3.35. The highest BCUT2D eigenvalue weighted by Crippen LogP contribution is 2.50. The van der Waals surface area contributed by atoms with Gasteiger partial charge in [-0.05, 0) is 44.1 Å². The summed E-state index contributed by atoms with van der Waals surface area (Å²) in [5, 5.41) is 0. The summed E-state index contributed by atoms with van der Waals surface area (Å²) in [5.74, 6) is 0. The van der Waals surface area contributed by atoms with E-state index >= 15 is 0 Å². The highest BCUT2D eigenvalue weighted by atomic mass is 16.5. The fourth-order valence-corrected chi connectivity index (χ4v) is 2.59. The van der Waals surface area contributed by atoms with Crippen LogP contribution in [0.5, 0.6) is 0 Å². The summed E-state index contributed by atoms with van der Waals surface area (Å²) in [6.45, 7) is 1.76. The van der Waals surface area contributed by atoms with Gasteiger partial charge < -0.3 is 10.5 Å². The molecule has 0 aromatic rings. The molecular formula is C10H19NO. The van der Waals surface area contributed by atoms with Gasteiger partial charge in [0.05, 0.1) is 6.10 Å². The van der Waals surface area contributed by atoms with E-state index < -0.39 is 0 Å². The first kappa shape index (κ1) is 8.52. The van der Waals surface area contributed by atoms with Gasteiger partial charge in [0.25, 0.3) is 0 Å². The maximum Gasteiger partial charge on any atom is 0.0592 e. The summed E-state index contributed by atoms with van der Waals surface area (Å²) in [6, 6.07) is 0. The molecule has 0 aromatic carbocycles. The zero-order chi connectivity index (χ0) is 8.44. The lowest BCUT2D eigenvalue weighted by atomic mass is 9.63. The third-order valence-electron chi connectivity index (χ3n) is 3.55. The Morgan fingerprint density at radius 1 is 1.33 bits per heavy atom. The smallest absolute Gasteiger partial charge is 0.0592 e. The monoisotopic (exact) mass is 169 g/mol. The van der Waals surface area contributed by atoms with Crippen molar-refractivity contribution in [3.8, 4) is 0 Å². The molecule has 2 rings (SSSR count). The summed E-state index contributed by atoms with van der Waals surface area (Å²) in [6.07, 6.45) is 8.44. The number of hydrogen-bond donors (Lipinski definition) is 1. The van der Waals surface area contributed by atoms with E-state index in [1.165, 1.54) is 32.1 Å². The minimum Gasteiger partial charge on any atom is -0.378 e. The molecule has 2 nitrogen and oxygen atoms in total. The predicted octanol–water partition coefficient (Wildman–Crippen LogP) is 1.68. The van der Waals surface area contributed by atoms with E-state index in [0.29, 0.717) is 11.5 Å². The second-order valence-corrected chi connectivity index (χ2v) is 4.38. The molecule has 1 heterocycles. The van der Waals surface area contributed by atoms with Crippen LogP contribution < -0.4 is 5.73 Å². The van der Waals surface area contributed by atoms with Crippen LogP contribution >= 0.6 is 0 Å². The average molecular weight is 169 g/mol. The predicted molar refractivity (Wildman–Crippen MR) is 48.9 cm³/mol. The molecule has 1 spiro atoms. The highest BCUT2D eigenvalue weighted by Gasteiger charge is 2.41. The van der Waals surface area contributed by atoms with Crippen LogP contribution in [-0.4, -0.2) is 19.3 Å². The lowest BCUT2D eigenvalue weighted by Crippen LogP contribution is -2.40. The van der Waals surface area contributed by atoms with E-state index in [0.717, 1.165) is 19.6 Å². The molecule has 70 valence electrons. The molecule has 0 radical (unpaired) electrons. The van der Waals surface area contributed by atoms with Crippen LogP contribution in [0.1, 0.15) is 38.5 Å². The van der Waals surface area contributed by atoms with Crippen molar-refractivity contribution in [2.75, 3.05) is 13.2 Å². The SMILES string of the molecule is NCCC1CC2(CCC2)CCO1. The van der Waals surface area contributed by atoms with Gasteiger partial charge in [-0.3, -0.25) is 0 Å². The van der Waals surface area contributed by atoms with Crippen LogP contribution in [0.3, 0.4) is 0 Å². The molecule has 12 heavy (non-hydrogen) atoms. The molecule has 1 aliphatic carbocycles. The molecule has 1 unspecified atom stereocenters. The summed E-state index contributed by atoms with van der Waals surface area (Å²) >= 11 is 0. The molecule has 0 bridgehead atoms. The van der Waals surface area contributed by atoms with Crippen LogP contribution in [0.2, 0.25) is 0 Å². The summed E-state index contributed by atoms with van der Waals surface area (Å²) < 4.78 is 5.67. The van der Waals surface area contributed by atoms with Gasteiger partial charge in [0.15, 0.2) is 0 Å².